The highest BCUT2D eigenvalue weighted by Crippen LogP contribution is 2.41. The van der Waals surface area contributed by atoms with E-state index in [0.29, 0.717) is 33.9 Å². The van der Waals surface area contributed by atoms with E-state index in [-0.39, 0.29) is 17.7 Å². The summed E-state index contributed by atoms with van der Waals surface area (Å²) < 4.78 is 26.3. The van der Waals surface area contributed by atoms with Crippen molar-refractivity contribution in [2.24, 2.45) is 0 Å². The lowest BCUT2D eigenvalue weighted by atomic mass is 9.97. The molecule has 8 nitrogen and oxygen atoms in total. The number of hydrogen-bond acceptors (Lipinski definition) is 7. The fourth-order valence-electron chi connectivity index (χ4n) is 3.06. The molecule has 0 aliphatic carbocycles. The molecule has 0 fully saturated rings. The molecule has 2 aromatic carbocycles. The fraction of sp³-hybridized carbons (Fsp3) is 0.158. The fourth-order valence-corrected chi connectivity index (χ4v) is 3.06. The molecule has 0 spiro atoms. The first-order valence-electron chi connectivity index (χ1n) is 7.89. The maximum absolute atomic E-state index is 12.4. The van der Waals surface area contributed by atoms with Gasteiger partial charge in [-0.05, 0) is 29.8 Å². The second kappa shape index (κ2) is 6.24. The van der Waals surface area contributed by atoms with Crippen molar-refractivity contribution < 1.29 is 33.3 Å². The molecular weight excluding hydrogens is 356 g/mol. The van der Waals surface area contributed by atoms with E-state index in [2.05, 4.69) is 0 Å². The largest absolute Gasteiger partial charge is 0.493 e. The molecule has 1 aromatic heterocycles. The Hall–Kier alpha value is -3.68. The Bertz CT molecular complexity index is 1130. The number of hydrogen-bond donors (Lipinski definition) is 1. The molecule has 0 bridgehead atoms. The third-order valence-corrected chi connectivity index (χ3v) is 4.29. The number of ether oxygens (including phenoxy) is 4. The molecule has 3 aromatic rings. The van der Waals surface area contributed by atoms with Crippen LogP contribution in [0.25, 0.3) is 21.9 Å². The van der Waals surface area contributed by atoms with Crippen LogP contribution in [0.3, 0.4) is 0 Å². The maximum atomic E-state index is 12.4. The molecule has 2 heterocycles. The molecule has 8 heteroatoms. The Balaban J connectivity index is 2.10. The van der Waals surface area contributed by atoms with E-state index in [1.165, 1.54) is 20.3 Å². The van der Waals surface area contributed by atoms with Crippen LogP contribution in [0, 0.1) is 0 Å². The lowest BCUT2D eigenvalue weighted by Gasteiger charge is -2.13. The summed E-state index contributed by atoms with van der Waals surface area (Å²) in [6.07, 6.45) is 0. The van der Waals surface area contributed by atoms with Crippen molar-refractivity contribution >= 4 is 16.7 Å². The van der Waals surface area contributed by atoms with E-state index in [1.807, 2.05) is 0 Å². The highest BCUT2D eigenvalue weighted by molar-refractivity contribution is 6.06. The quantitative estimate of drug-likeness (QED) is 0.747. The summed E-state index contributed by atoms with van der Waals surface area (Å²) in [5.74, 6) is -0.124. The topological polar surface area (TPSA) is 104 Å². The molecule has 0 saturated carbocycles. The van der Waals surface area contributed by atoms with Crippen molar-refractivity contribution in [2.45, 2.75) is 0 Å². The van der Waals surface area contributed by atoms with E-state index in [9.17, 15) is 14.7 Å². The first-order chi connectivity index (χ1) is 13.0. The van der Waals surface area contributed by atoms with Crippen molar-refractivity contribution in [1.29, 1.82) is 0 Å². The van der Waals surface area contributed by atoms with Gasteiger partial charge in [0.05, 0.1) is 19.6 Å². The van der Waals surface area contributed by atoms with Crippen LogP contribution in [0.15, 0.2) is 39.5 Å². The van der Waals surface area contributed by atoms with Crippen LogP contribution in [-0.2, 0) is 0 Å². The van der Waals surface area contributed by atoms with Crippen LogP contribution in [0.2, 0.25) is 0 Å². The first-order valence-corrected chi connectivity index (χ1v) is 7.89. The molecule has 1 N–H and O–H groups in total. The van der Waals surface area contributed by atoms with Gasteiger partial charge in [0.15, 0.2) is 23.0 Å². The van der Waals surface area contributed by atoms with Crippen molar-refractivity contribution in [3.8, 4) is 34.1 Å². The summed E-state index contributed by atoms with van der Waals surface area (Å²) in [7, 11) is 2.89. The van der Waals surface area contributed by atoms with Gasteiger partial charge < -0.3 is 28.5 Å². The van der Waals surface area contributed by atoms with Crippen LogP contribution in [0.1, 0.15) is 10.6 Å². The van der Waals surface area contributed by atoms with E-state index < -0.39 is 17.4 Å². The van der Waals surface area contributed by atoms with Gasteiger partial charge in [-0.25, -0.2) is 9.59 Å². The van der Waals surface area contributed by atoms with Crippen molar-refractivity contribution in [3.63, 3.8) is 0 Å². The SMILES string of the molecule is COc1cc2c(-c3ccc4c(c3)OCO4)c(C(=O)O)oc(=O)c2cc1OC. The third kappa shape index (κ3) is 2.62. The average Bonchev–Trinajstić information content (AvgIpc) is 3.14. The maximum Gasteiger partial charge on any atom is 0.372 e. The summed E-state index contributed by atoms with van der Waals surface area (Å²) in [4.78, 5) is 24.1. The molecule has 4 rings (SSSR count). The smallest absolute Gasteiger partial charge is 0.372 e. The molecule has 27 heavy (non-hydrogen) atoms. The van der Waals surface area contributed by atoms with Crippen molar-refractivity contribution in [1.82, 2.24) is 0 Å². The standard InChI is InChI=1S/C19H14O8/c1-23-13-6-10-11(7-14(13)24-2)19(22)27-17(18(20)21)16(10)9-3-4-12-15(5-9)26-8-25-12/h3-7H,8H2,1-2H3,(H,20,21). The second-order valence-corrected chi connectivity index (χ2v) is 5.72. The zero-order valence-electron chi connectivity index (χ0n) is 14.4. The lowest BCUT2D eigenvalue weighted by Crippen LogP contribution is -2.10. The summed E-state index contributed by atoms with van der Waals surface area (Å²) in [5, 5.41) is 10.1. The molecule has 1 aliphatic rings. The number of rotatable bonds is 4. The Morgan fingerprint density at radius 3 is 2.33 bits per heavy atom. The molecule has 138 valence electrons. The zero-order valence-corrected chi connectivity index (χ0v) is 14.4. The van der Waals surface area contributed by atoms with Crippen LogP contribution in [0.5, 0.6) is 23.0 Å². The van der Waals surface area contributed by atoms with Crippen LogP contribution < -0.4 is 24.6 Å². The van der Waals surface area contributed by atoms with Gasteiger partial charge in [-0.15, -0.1) is 0 Å². The van der Waals surface area contributed by atoms with Gasteiger partial charge in [0.1, 0.15) is 0 Å². The highest BCUT2D eigenvalue weighted by Gasteiger charge is 2.24. The Morgan fingerprint density at radius 2 is 1.67 bits per heavy atom. The van der Waals surface area contributed by atoms with E-state index in [4.69, 9.17) is 23.4 Å². The normalized spacial score (nSPS) is 12.2. The van der Waals surface area contributed by atoms with Crippen molar-refractivity contribution in [2.75, 3.05) is 21.0 Å². The van der Waals surface area contributed by atoms with Gasteiger partial charge in [0.25, 0.3) is 0 Å². The molecule has 0 amide bonds. The van der Waals surface area contributed by atoms with Crippen LogP contribution in [-0.4, -0.2) is 32.1 Å². The van der Waals surface area contributed by atoms with Crippen molar-refractivity contribution in [3.05, 3.63) is 46.5 Å². The summed E-state index contributed by atoms with van der Waals surface area (Å²) >= 11 is 0. The predicted molar refractivity (Wildman–Crippen MR) is 94.1 cm³/mol. The molecule has 0 saturated heterocycles. The average molecular weight is 370 g/mol. The molecular formula is C19H14O8. The molecule has 0 atom stereocenters. The minimum absolute atomic E-state index is 0.0835. The number of aromatic carboxylic acids is 1. The van der Waals surface area contributed by atoms with Crippen LogP contribution in [0.4, 0.5) is 0 Å². The van der Waals surface area contributed by atoms with Crippen LogP contribution >= 0.6 is 0 Å². The van der Waals surface area contributed by atoms with E-state index in [1.54, 1.807) is 24.3 Å². The van der Waals surface area contributed by atoms with Gasteiger partial charge in [-0.1, -0.05) is 6.07 Å². The molecule has 0 radical (unpaired) electrons. The summed E-state index contributed by atoms with van der Waals surface area (Å²) in [5.41, 5.74) is -0.0539. The van der Waals surface area contributed by atoms with Gasteiger partial charge in [0, 0.05) is 10.9 Å². The highest BCUT2D eigenvalue weighted by atomic mass is 16.7. The van der Waals surface area contributed by atoms with Gasteiger partial charge in [-0.2, -0.15) is 0 Å². The number of carboxylic acid groups (broad SMARTS) is 1. The number of benzene rings is 2. The van der Waals surface area contributed by atoms with Gasteiger partial charge in [0.2, 0.25) is 12.6 Å². The Morgan fingerprint density at radius 1 is 1.00 bits per heavy atom. The minimum atomic E-state index is -1.36. The Labute approximate surface area is 152 Å². The number of methoxy groups -OCH3 is 2. The minimum Gasteiger partial charge on any atom is -0.493 e. The molecule has 1 aliphatic heterocycles. The Kier molecular flexibility index (Phi) is 3.88. The summed E-state index contributed by atoms with van der Waals surface area (Å²) in [6, 6.07) is 7.99. The number of carbonyl (C=O) groups is 1. The first kappa shape index (κ1) is 16.8. The number of carboxylic acids is 1. The van der Waals surface area contributed by atoms with Gasteiger partial charge in [-0.3, -0.25) is 0 Å². The lowest BCUT2D eigenvalue weighted by molar-refractivity contribution is 0.0659. The number of fused-ring (bicyclic) bond motifs is 2. The van der Waals surface area contributed by atoms with E-state index >= 15 is 0 Å². The monoisotopic (exact) mass is 370 g/mol. The van der Waals surface area contributed by atoms with Gasteiger partial charge >= 0.3 is 11.6 Å². The summed E-state index contributed by atoms with van der Waals surface area (Å²) in [6.45, 7) is 0.0835. The zero-order chi connectivity index (χ0) is 19.1. The third-order valence-electron chi connectivity index (χ3n) is 4.29. The van der Waals surface area contributed by atoms with E-state index in [0.717, 1.165) is 0 Å². The second-order valence-electron chi connectivity index (χ2n) is 5.72. The predicted octanol–water partition coefficient (Wildman–Crippen LogP) is 2.90. The molecule has 0 unspecified atom stereocenters.